The SMILES string of the molecule is COc1cc(C)c(COC(=O)C(C)N)cc1OC. The number of methoxy groups -OCH3 is 2. The van der Waals surface area contributed by atoms with Gasteiger partial charge in [0, 0.05) is 0 Å². The third kappa shape index (κ3) is 3.37. The average molecular weight is 253 g/mol. The minimum atomic E-state index is -0.620. The molecule has 0 aromatic heterocycles. The lowest BCUT2D eigenvalue weighted by atomic mass is 10.1. The molecule has 1 aromatic rings. The lowest BCUT2D eigenvalue weighted by molar-refractivity contribution is -0.146. The lowest BCUT2D eigenvalue weighted by Crippen LogP contribution is -2.28. The van der Waals surface area contributed by atoms with Gasteiger partial charge in [-0.3, -0.25) is 4.79 Å². The minimum Gasteiger partial charge on any atom is -0.493 e. The predicted molar refractivity (Wildman–Crippen MR) is 67.7 cm³/mol. The molecule has 0 saturated heterocycles. The molecule has 0 aliphatic rings. The lowest BCUT2D eigenvalue weighted by Gasteiger charge is -2.13. The maximum atomic E-state index is 11.3. The third-order valence-corrected chi connectivity index (χ3v) is 2.58. The van der Waals surface area contributed by atoms with E-state index in [-0.39, 0.29) is 6.61 Å². The number of ether oxygens (including phenoxy) is 3. The van der Waals surface area contributed by atoms with Crippen LogP contribution in [0.1, 0.15) is 18.1 Å². The van der Waals surface area contributed by atoms with Crippen molar-refractivity contribution in [1.29, 1.82) is 0 Å². The molecule has 5 nitrogen and oxygen atoms in total. The van der Waals surface area contributed by atoms with Crippen molar-refractivity contribution in [2.24, 2.45) is 5.73 Å². The zero-order chi connectivity index (χ0) is 13.7. The van der Waals surface area contributed by atoms with E-state index in [1.54, 1.807) is 27.2 Å². The Morgan fingerprint density at radius 2 is 1.83 bits per heavy atom. The number of carbonyl (C=O) groups is 1. The van der Waals surface area contributed by atoms with E-state index in [0.29, 0.717) is 11.5 Å². The summed E-state index contributed by atoms with van der Waals surface area (Å²) in [6, 6.07) is 3.02. The molecule has 0 radical (unpaired) electrons. The van der Waals surface area contributed by atoms with Crippen LogP contribution in [0.4, 0.5) is 0 Å². The molecule has 0 heterocycles. The number of hydrogen-bond donors (Lipinski definition) is 1. The van der Waals surface area contributed by atoms with E-state index in [1.807, 2.05) is 13.0 Å². The summed E-state index contributed by atoms with van der Waals surface area (Å²) in [5.74, 6) is 0.830. The largest absolute Gasteiger partial charge is 0.493 e. The number of hydrogen-bond acceptors (Lipinski definition) is 5. The van der Waals surface area contributed by atoms with E-state index in [0.717, 1.165) is 11.1 Å². The second-order valence-electron chi connectivity index (χ2n) is 4.03. The van der Waals surface area contributed by atoms with Crippen molar-refractivity contribution in [3.05, 3.63) is 23.3 Å². The zero-order valence-electron chi connectivity index (χ0n) is 11.1. The maximum Gasteiger partial charge on any atom is 0.322 e. The van der Waals surface area contributed by atoms with Gasteiger partial charge in [-0.2, -0.15) is 0 Å². The second-order valence-corrected chi connectivity index (χ2v) is 4.03. The first-order valence-corrected chi connectivity index (χ1v) is 5.63. The topological polar surface area (TPSA) is 70.8 Å². The molecule has 18 heavy (non-hydrogen) atoms. The Morgan fingerprint density at radius 3 is 2.33 bits per heavy atom. The van der Waals surface area contributed by atoms with Gasteiger partial charge >= 0.3 is 5.97 Å². The smallest absolute Gasteiger partial charge is 0.322 e. The Morgan fingerprint density at radius 1 is 1.28 bits per heavy atom. The van der Waals surface area contributed by atoms with Gasteiger partial charge in [-0.1, -0.05) is 0 Å². The van der Waals surface area contributed by atoms with Crippen LogP contribution in [0.15, 0.2) is 12.1 Å². The van der Waals surface area contributed by atoms with Crippen molar-refractivity contribution in [1.82, 2.24) is 0 Å². The van der Waals surface area contributed by atoms with E-state index in [9.17, 15) is 4.79 Å². The normalized spacial score (nSPS) is 11.8. The fourth-order valence-electron chi connectivity index (χ4n) is 1.46. The van der Waals surface area contributed by atoms with Crippen LogP contribution in [-0.4, -0.2) is 26.2 Å². The van der Waals surface area contributed by atoms with Crippen LogP contribution in [-0.2, 0) is 16.1 Å². The second kappa shape index (κ2) is 6.26. The van der Waals surface area contributed by atoms with Crippen LogP contribution in [0.5, 0.6) is 11.5 Å². The molecular formula is C13H19NO4. The van der Waals surface area contributed by atoms with Gasteiger partial charge in [-0.05, 0) is 37.1 Å². The predicted octanol–water partition coefficient (Wildman–Crippen LogP) is 1.40. The number of carbonyl (C=O) groups excluding carboxylic acids is 1. The molecule has 0 aliphatic carbocycles. The Kier molecular flexibility index (Phi) is 4.97. The molecule has 0 bridgehead atoms. The maximum absolute atomic E-state index is 11.3. The molecule has 1 rings (SSSR count). The Balaban J connectivity index is 2.86. The number of benzene rings is 1. The highest BCUT2D eigenvalue weighted by molar-refractivity contribution is 5.74. The number of esters is 1. The van der Waals surface area contributed by atoms with E-state index in [2.05, 4.69) is 0 Å². The van der Waals surface area contributed by atoms with Crippen LogP contribution in [0.25, 0.3) is 0 Å². The molecule has 0 saturated carbocycles. The molecule has 1 atom stereocenters. The van der Waals surface area contributed by atoms with Gasteiger partial charge < -0.3 is 19.9 Å². The first-order valence-electron chi connectivity index (χ1n) is 5.63. The standard InChI is InChI=1S/C13H19NO4/c1-8-5-11(16-3)12(17-4)6-10(8)7-18-13(15)9(2)14/h5-6,9H,7,14H2,1-4H3. The molecule has 5 heteroatoms. The molecule has 1 unspecified atom stereocenters. The van der Waals surface area contributed by atoms with Crippen molar-refractivity contribution in [3.8, 4) is 11.5 Å². The molecule has 0 aliphatic heterocycles. The van der Waals surface area contributed by atoms with Crippen LogP contribution >= 0.6 is 0 Å². The van der Waals surface area contributed by atoms with Crippen molar-refractivity contribution in [3.63, 3.8) is 0 Å². The quantitative estimate of drug-likeness (QED) is 0.803. The summed E-state index contributed by atoms with van der Waals surface area (Å²) in [5, 5.41) is 0. The summed E-state index contributed by atoms with van der Waals surface area (Å²) in [4.78, 5) is 11.3. The minimum absolute atomic E-state index is 0.173. The van der Waals surface area contributed by atoms with E-state index in [4.69, 9.17) is 19.9 Å². The highest BCUT2D eigenvalue weighted by Crippen LogP contribution is 2.30. The van der Waals surface area contributed by atoms with Crippen LogP contribution in [0.2, 0.25) is 0 Å². The molecule has 100 valence electrons. The van der Waals surface area contributed by atoms with Gasteiger partial charge in [0.1, 0.15) is 12.6 Å². The number of aryl methyl sites for hydroxylation is 1. The monoisotopic (exact) mass is 253 g/mol. The zero-order valence-corrected chi connectivity index (χ0v) is 11.1. The van der Waals surface area contributed by atoms with E-state index >= 15 is 0 Å². The third-order valence-electron chi connectivity index (χ3n) is 2.58. The summed E-state index contributed by atoms with van der Waals surface area (Å²) in [6.45, 7) is 3.67. The molecule has 1 aromatic carbocycles. The Hall–Kier alpha value is -1.75. The van der Waals surface area contributed by atoms with Gasteiger partial charge in [0.05, 0.1) is 14.2 Å². The van der Waals surface area contributed by atoms with Gasteiger partial charge in [0.15, 0.2) is 11.5 Å². The highest BCUT2D eigenvalue weighted by Gasteiger charge is 2.12. The highest BCUT2D eigenvalue weighted by atomic mass is 16.5. The number of rotatable bonds is 5. The summed E-state index contributed by atoms with van der Waals surface area (Å²) < 4.78 is 15.5. The first kappa shape index (κ1) is 14.3. The van der Waals surface area contributed by atoms with Gasteiger partial charge in [0.25, 0.3) is 0 Å². The van der Waals surface area contributed by atoms with Crippen molar-refractivity contribution >= 4 is 5.97 Å². The molecule has 0 fully saturated rings. The summed E-state index contributed by atoms with van der Waals surface area (Å²) in [6.07, 6.45) is 0. The van der Waals surface area contributed by atoms with E-state index < -0.39 is 12.0 Å². The number of nitrogens with two attached hydrogens (primary N) is 1. The van der Waals surface area contributed by atoms with Crippen molar-refractivity contribution in [2.75, 3.05) is 14.2 Å². The van der Waals surface area contributed by atoms with E-state index in [1.165, 1.54) is 0 Å². The molecular weight excluding hydrogens is 234 g/mol. The summed E-state index contributed by atoms with van der Waals surface area (Å²) in [5.41, 5.74) is 7.25. The first-order chi connectivity index (χ1) is 8.49. The van der Waals surface area contributed by atoms with Gasteiger partial charge in [-0.15, -0.1) is 0 Å². The fraction of sp³-hybridized carbons (Fsp3) is 0.462. The van der Waals surface area contributed by atoms with Crippen molar-refractivity contribution < 1.29 is 19.0 Å². The molecule has 0 amide bonds. The summed E-state index contributed by atoms with van der Waals surface area (Å²) >= 11 is 0. The van der Waals surface area contributed by atoms with Crippen molar-refractivity contribution in [2.45, 2.75) is 26.5 Å². The molecule has 2 N–H and O–H groups in total. The van der Waals surface area contributed by atoms with Crippen LogP contribution in [0, 0.1) is 6.92 Å². The average Bonchev–Trinajstić information content (AvgIpc) is 2.36. The van der Waals surface area contributed by atoms with Crippen LogP contribution < -0.4 is 15.2 Å². The fourth-order valence-corrected chi connectivity index (χ4v) is 1.46. The summed E-state index contributed by atoms with van der Waals surface area (Å²) in [7, 11) is 3.14. The molecule has 0 spiro atoms. The Bertz CT molecular complexity index is 429. The van der Waals surface area contributed by atoms with Crippen LogP contribution in [0.3, 0.4) is 0 Å². The van der Waals surface area contributed by atoms with Gasteiger partial charge in [0.2, 0.25) is 0 Å². The van der Waals surface area contributed by atoms with Gasteiger partial charge in [-0.25, -0.2) is 0 Å². The Labute approximate surface area is 107 Å².